The number of anilines is 2. The number of nitrogens with one attached hydrogen (secondary N) is 1. The van der Waals surface area contributed by atoms with E-state index in [1.807, 2.05) is 12.1 Å². The fraction of sp³-hybridized carbons (Fsp3) is 0.333. The molecule has 1 amide bonds. The molecule has 0 radical (unpaired) electrons. The molecule has 36 heavy (non-hydrogen) atoms. The fourth-order valence-corrected chi connectivity index (χ4v) is 4.45. The van der Waals surface area contributed by atoms with Crippen molar-refractivity contribution in [2.24, 2.45) is 0 Å². The number of likely N-dealkylation sites (tertiary alicyclic amines) is 1. The van der Waals surface area contributed by atoms with E-state index in [-0.39, 0.29) is 12.2 Å². The molecule has 184 valence electrons. The number of imidazole rings is 1. The van der Waals surface area contributed by atoms with Crippen molar-refractivity contribution in [2.75, 3.05) is 32.1 Å². The normalized spacial score (nSPS) is 19.8. The first-order valence-electron chi connectivity index (χ1n) is 11.7. The number of amides is 1. The minimum absolute atomic E-state index is 0.109. The van der Waals surface area contributed by atoms with Crippen molar-refractivity contribution in [3.63, 3.8) is 0 Å². The molecule has 2 aliphatic rings. The van der Waals surface area contributed by atoms with E-state index < -0.39 is 11.5 Å². The van der Waals surface area contributed by atoms with Gasteiger partial charge in [0.25, 0.3) is 5.91 Å². The van der Waals surface area contributed by atoms with Gasteiger partial charge in [0.1, 0.15) is 17.3 Å². The quantitative estimate of drug-likeness (QED) is 0.426. The second-order valence-electron chi connectivity index (χ2n) is 8.79. The van der Waals surface area contributed by atoms with Gasteiger partial charge in [-0.3, -0.25) is 4.79 Å². The lowest BCUT2D eigenvalue weighted by atomic mass is 9.98. The van der Waals surface area contributed by atoms with E-state index in [1.165, 1.54) is 4.90 Å². The van der Waals surface area contributed by atoms with E-state index in [1.54, 1.807) is 37.6 Å². The zero-order valence-corrected chi connectivity index (χ0v) is 19.6. The van der Waals surface area contributed by atoms with Gasteiger partial charge in [0.05, 0.1) is 36.5 Å². The van der Waals surface area contributed by atoms with E-state index in [9.17, 15) is 9.90 Å². The molecule has 6 rings (SSSR count). The molecule has 0 saturated carbocycles. The standard InChI is InChI=1S/C24H24N8O4/c1-31-9-7-24(34,22(31)33)19-13-18(30-36-19)16-4-2-3-15(27-16)17-5-8-25-23(28-17)29-21-14-26-20-6-11-35-12-10-32(20)21/h2-5,8,13-14,34H,6-7,9-12H2,1H3,(H,25,28,29). The summed E-state index contributed by atoms with van der Waals surface area (Å²) in [5.74, 6) is 1.88. The molecular formula is C24H24N8O4. The first kappa shape index (κ1) is 22.3. The SMILES string of the molecule is CN1CCC(O)(c2cc(-c3cccc(-c4ccnc(Nc5cnc6n5CCOCC6)n4)n3)no2)C1=O. The Morgan fingerprint density at radius 2 is 1.89 bits per heavy atom. The molecule has 0 aliphatic carbocycles. The molecule has 4 aromatic heterocycles. The largest absolute Gasteiger partial charge is 0.379 e. The lowest BCUT2D eigenvalue weighted by Gasteiger charge is -2.16. The van der Waals surface area contributed by atoms with Gasteiger partial charge in [-0.2, -0.15) is 0 Å². The van der Waals surface area contributed by atoms with Gasteiger partial charge < -0.3 is 29.2 Å². The summed E-state index contributed by atoms with van der Waals surface area (Å²) < 4.78 is 13.0. The second-order valence-corrected chi connectivity index (χ2v) is 8.79. The smallest absolute Gasteiger partial charge is 0.262 e. The maximum Gasteiger partial charge on any atom is 0.262 e. The summed E-state index contributed by atoms with van der Waals surface area (Å²) in [6, 6.07) is 8.78. The number of ether oxygens (including phenoxy) is 1. The van der Waals surface area contributed by atoms with Crippen LogP contribution in [0.15, 0.2) is 47.2 Å². The third-order valence-corrected chi connectivity index (χ3v) is 6.46. The Hall–Kier alpha value is -4.16. The Labute approximate surface area is 206 Å². The number of fused-ring (bicyclic) bond motifs is 1. The molecule has 6 heterocycles. The zero-order valence-electron chi connectivity index (χ0n) is 19.6. The number of likely N-dealkylation sites (N-methyl/N-ethyl adjacent to an activating group) is 1. The molecule has 12 nitrogen and oxygen atoms in total. The lowest BCUT2D eigenvalue weighted by Crippen LogP contribution is -2.35. The van der Waals surface area contributed by atoms with Gasteiger partial charge in [-0.15, -0.1) is 0 Å². The molecule has 1 atom stereocenters. The topological polar surface area (TPSA) is 144 Å². The van der Waals surface area contributed by atoms with E-state index >= 15 is 0 Å². The van der Waals surface area contributed by atoms with Crippen LogP contribution in [0.5, 0.6) is 0 Å². The van der Waals surface area contributed by atoms with Crippen molar-refractivity contribution in [1.82, 2.24) is 34.6 Å². The monoisotopic (exact) mass is 488 g/mol. The number of nitrogens with zero attached hydrogens (tertiary/aromatic N) is 7. The number of rotatable bonds is 5. The van der Waals surface area contributed by atoms with Gasteiger partial charge in [-0.1, -0.05) is 11.2 Å². The Morgan fingerprint density at radius 3 is 2.72 bits per heavy atom. The molecule has 0 bridgehead atoms. The van der Waals surface area contributed by atoms with Crippen LogP contribution in [0.2, 0.25) is 0 Å². The minimum Gasteiger partial charge on any atom is -0.379 e. The Morgan fingerprint density at radius 1 is 1.06 bits per heavy atom. The van der Waals surface area contributed by atoms with Crippen molar-refractivity contribution >= 4 is 17.7 Å². The van der Waals surface area contributed by atoms with Crippen LogP contribution in [-0.4, -0.2) is 72.4 Å². The zero-order chi connectivity index (χ0) is 24.7. The predicted octanol–water partition coefficient (Wildman–Crippen LogP) is 1.76. The van der Waals surface area contributed by atoms with E-state index in [2.05, 4.69) is 35.0 Å². The van der Waals surface area contributed by atoms with Gasteiger partial charge in [-0.25, -0.2) is 19.9 Å². The van der Waals surface area contributed by atoms with Crippen LogP contribution in [0.3, 0.4) is 0 Å². The van der Waals surface area contributed by atoms with Crippen LogP contribution in [0.25, 0.3) is 22.8 Å². The van der Waals surface area contributed by atoms with Gasteiger partial charge >= 0.3 is 0 Å². The van der Waals surface area contributed by atoms with Gasteiger partial charge in [-0.05, 0) is 18.2 Å². The molecular weight excluding hydrogens is 464 g/mol. The molecule has 1 saturated heterocycles. The first-order valence-corrected chi connectivity index (χ1v) is 11.7. The van der Waals surface area contributed by atoms with Crippen LogP contribution in [0, 0.1) is 0 Å². The third kappa shape index (κ3) is 3.89. The van der Waals surface area contributed by atoms with Crippen molar-refractivity contribution in [3.05, 3.63) is 54.3 Å². The summed E-state index contributed by atoms with van der Waals surface area (Å²) in [5, 5.41) is 18.1. The van der Waals surface area contributed by atoms with Crippen LogP contribution in [0.4, 0.5) is 11.8 Å². The van der Waals surface area contributed by atoms with Crippen molar-refractivity contribution < 1.29 is 19.2 Å². The van der Waals surface area contributed by atoms with Gasteiger partial charge in [0, 0.05) is 45.2 Å². The molecule has 2 aliphatic heterocycles. The summed E-state index contributed by atoms with van der Waals surface area (Å²) in [6.45, 7) is 2.43. The Kier molecular flexibility index (Phi) is 5.46. The third-order valence-electron chi connectivity index (χ3n) is 6.46. The Balaban J connectivity index is 1.25. The summed E-state index contributed by atoms with van der Waals surface area (Å²) in [7, 11) is 1.64. The summed E-state index contributed by atoms with van der Waals surface area (Å²) in [4.78, 5) is 32.0. The summed E-state index contributed by atoms with van der Waals surface area (Å²) in [6.07, 6.45) is 4.44. The molecule has 4 aromatic rings. The van der Waals surface area contributed by atoms with Gasteiger partial charge in [0.15, 0.2) is 5.76 Å². The second kappa shape index (κ2) is 8.81. The van der Waals surface area contributed by atoms with Crippen LogP contribution in [-0.2, 0) is 28.1 Å². The molecule has 1 unspecified atom stereocenters. The number of hydrogen-bond acceptors (Lipinski definition) is 10. The van der Waals surface area contributed by atoms with Crippen LogP contribution < -0.4 is 5.32 Å². The highest BCUT2D eigenvalue weighted by molar-refractivity contribution is 5.87. The average Bonchev–Trinajstić information content (AvgIpc) is 3.56. The number of carbonyl (C=O) groups is 1. The first-order chi connectivity index (χ1) is 17.5. The average molecular weight is 489 g/mol. The molecule has 1 fully saturated rings. The number of hydrogen-bond donors (Lipinski definition) is 2. The minimum atomic E-state index is -1.71. The van der Waals surface area contributed by atoms with Crippen molar-refractivity contribution in [2.45, 2.75) is 25.0 Å². The van der Waals surface area contributed by atoms with E-state index in [0.717, 1.165) is 18.1 Å². The highest BCUT2D eigenvalue weighted by Crippen LogP contribution is 2.34. The summed E-state index contributed by atoms with van der Waals surface area (Å²) >= 11 is 0. The van der Waals surface area contributed by atoms with E-state index in [0.29, 0.717) is 55.0 Å². The lowest BCUT2D eigenvalue weighted by molar-refractivity contribution is -0.144. The summed E-state index contributed by atoms with van der Waals surface area (Å²) in [5.41, 5.74) is 0.461. The highest BCUT2D eigenvalue weighted by Gasteiger charge is 2.48. The molecule has 0 spiro atoms. The van der Waals surface area contributed by atoms with Crippen molar-refractivity contribution in [3.8, 4) is 22.8 Å². The molecule has 12 heteroatoms. The number of aliphatic hydroxyl groups is 1. The van der Waals surface area contributed by atoms with Gasteiger partial charge in [0.2, 0.25) is 11.5 Å². The van der Waals surface area contributed by atoms with E-state index in [4.69, 9.17) is 9.26 Å². The maximum atomic E-state index is 12.4. The highest BCUT2D eigenvalue weighted by atomic mass is 16.5. The van der Waals surface area contributed by atoms with Crippen molar-refractivity contribution in [1.29, 1.82) is 0 Å². The predicted molar refractivity (Wildman–Crippen MR) is 127 cm³/mol. The Bertz CT molecular complexity index is 1430. The molecule has 2 N–H and O–H groups in total. The fourth-order valence-electron chi connectivity index (χ4n) is 4.45. The maximum absolute atomic E-state index is 12.4. The number of aromatic nitrogens is 6. The number of carbonyl (C=O) groups excluding carboxylic acids is 1. The van der Waals surface area contributed by atoms with Crippen LogP contribution in [0.1, 0.15) is 18.0 Å². The van der Waals surface area contributed by atoms with Crippen LogP contribution >= 0.6 is 0 Å². The number of pyridine rings is 1. The molecule has 0 aromatic carbocycles.